The Labute approximate surface area is 109 Å². The summed E-state index contributed by atoms with van der Waals surface area (Å²) in [7, 11) is 0. The summed E-state index contributed by atoms with van der Waals surface area (Å²) in [5.41, 5.74) is 8.20. The SMILES string of the molecule is Cc1ccc(CN)cc1Oc1ccc2nnnn2n1. The molecule has 0 bridgehead atoms. The van der Waals surface area contributed by atoms with Gasteiger partial charge < -0.3 is 10.5 Å². The standard InChI is InChI=1S/C12H12N6O/c1-8-2-3-9(7-13)6-10(8)19-12-5-4-11-14-16-17-18(11)15-12/h2-6H,7,13H2,1H3. The van der Waals surface area contributed by atoms with Crippen LogP contribution in [0, 0.1) is 6.92 Å². The smallest absolute Gasteiger partial charge is 0.239 e. The molecule has 7 heteroatoms. The van der Waals surface area contributed by atoms with Crippen molar-refractivity contribution in [1.29, 1.82) is 0 Å². The van der Waals surface area contributed by atoms with Crippen molar-refractivity contribution >= 4 is 5.65 Å². The second-order valence-corrected chi connectivity index (χ2v) is 4.10. The number of aryl methyl sites for hydroxylation is 1. The maximum absolute atomic E-state index is 5.75. The van der Waals surface area contributed by atoms with E-state index in [1.807, 2.05) is 25.1 Å². The first-order valence-electron chi connectivity index (χ1n) is 5.79. The lowest BCUT2D eigenvalue weighted by Gasteiger charge is -2.09. The van der Waals surface area contributed by atoms with Gasteiger partial charge in [0.15, 0.2) is 5.65 Å². The number of nitrogens with two attached hydrogens (primary N) is 1. The fourth-order valence-electron chi connectivity index (χ4n) is 1.68. The van der Waals surface area contributed by atoms with E-state index in [-0.39, 0.29) is 0 Å². The van der Waals surface area contributed by atoms with Crippen LogP contribution >= 0.6 is 0 Å². The van der Waals surface area contributed by atoms with Crippen molar-refractivity contribution in [2.24, 2.45) is 5.73 Å². The first-order valence-corrected chi connectivity index (χ1v) is 5.79. The molecule has 0 aliphatic carbocycles. The Bertz CT molecular complexity index is 723. The first-order chi connectivity index (χ1) is 9.26. The van der Waals surface area contributed by atoms with Crippen molar-refractivity contribution in [1.82, 2.24) is 25.3 Å². The Hall–Kier alpha value is -2.54. The van der Waals surface area contributed by atoms with Crippen molar-refractivity contribution < 1.29 is 4.74 Å². The highest BCUT2D eigenvalue weighted by molar-refractivity contribution is 5.40. The Kier molecular flexibility index (Phi) is 2.81. The average molecular weight is 256 g/mol. The summed E-state index contributed by atoms with van der Waals surface area (Å²) in [6.07, 6.45) is 0. The number of benzene rings is 1. The van der Waals surface area contributed by atoms with Crippen molar-refractivity contribution in [2.75, 3.05) is 0 Å². The lowest BCUT2D eigenvalue weighted by Crippen LogP contribution is -2.00. The second-order valence-electron chi connectivity index (χ2n) is 4.10. The lowest BCUT2D eigenvalue weighted by atomic mass is 10.1. The first kappa shape index (κ1) is 11.5. The summed E-state index contributed by atoms with van der Waals surface area (Å²) in [4.78, 5) is 0. The van der Waals surface area contributed by atoms with Crippen LogP contribution in [0.2, 0.25) is 0 Å². The van der Waals surface area contributed by atoms with E-state index in [0.29, 0.717) is 18.1 Å². The van der Waals surface area contributed by atoms with E-state index in [1.54, 1.807) is 12.1 Å². The average Bonchev–Trinajstić information content (AvgIpc) is 2.89. The van der Waals surface area contributed by atoms with Crippen LogP contribution < -0.4 is 10.5 Å². The third-order valence-corrected chi connectivity index (χ3v) is 2.75. The van der Waals surface area contributed by atoms with Gasteiger partial charge in [-0.25, -0.2) is 0 Å². The fraction of sp³-hybridized carbons (Fsp3) is 0.167. The lowest BCUT2D eigenvalue weighted by molar-refractivity contribution is 0.443. The van der Waals surface area contributed by atoms with E-state index < -0.39 is 0 Å². The molecule has 0 unspecified atom stereocenters. The van der Waals surface area contributed by atoms with E-state index in [0.717, 1.165) is 16.9 Å². The molecule has 96 valence electrons. The van der Waals surface area contributed by atoms with Gasteiger partial charge in [-0.2, -0.15) is 0 Å². The Morgan fingerprint density at radius 1 is 1.26 bits per heavy atom. The molecule has 0 saturated carbocycles. The van der Waals surface area contributed by atoms with Crippen LogP contribution in [0.25, 0.3) is 5.65 Å². The number of rotatable bonds is 3. The zero-order chi connectivity index (χ0) is 13.2. The van der Waals surface area contributed by atoms with Crippen LogP contribution in [0.3, 0.4) is 0 Å². The molecule has 19 heavy (non-hydrogen) atoms. The number of hydrogen-bond donors (Lipinski definition) is 1. The molecule has 0 aliphatic rings. The molecule has 0 atom stereocenters. The Morgan fingerprint density at radius 2 is 2.16 bits per heavy atom. The highest BCUT2D eigenvalue weighted by Gasteiger charge is 2.06. The molecule has 0 fully saturated rings. The molecule has 1 aromatic carbocycles. The molecule has 3 rings (SSSR count). The van der Waals surface area contributed by atoms with Gasteiger partial charge in [-0.3, -0.25) is 0 Å². The molecular formula is C12H12N6O. The van der Waals surface area contributed by atoms with E-state index in [9.17, 15) is 0 Å². The van der Waals surface area contributed by atoms with E-state index in [2.05, 4.69) is 20.6 Å². The highest BCUT2D eigenvalue weighted by atomic mass is 16.5. The zero-order valence-corrected chi connectivity index (χ0v) is 10.3. The summed E-state index contributed by atoms with van der Waals surface area (Å²) < 4.78 is 7.06. The predicted octanol–water partition coefficient (Wildman–Crippen LogP) is 1.08. The number of ether oxygens (including phenoxy) is 1. The topological polar surface area (TPSA) is 91.2 Å². The Balaban J connectivity index is 1.95. The van der Waals surface area contributed by atoms with Crippen molar-refractivity contribution in [3.63, 3.8) is 0 Å². The number of fused-ring (bicyclic) bond motifs is 1. The molecule has 2 aromatic heterocycles. The van der Waals surface area contributed by atoms with Crippen molar-refractivity contribution in [3.05, 3.63) is 41.5 Å². The fourth-order valence-corrected chi connectivity index (χ4v) is 1.68. The number of hydrogen-bond acceptors (Lipinski definition) is 6. The van der Waals surface area contributed by atoms with Crippen LogP contribution in [0.1, 0.15) is 11.1 Å². The van der Waals surface area contributed by atoms with Crippen molar-refractivity contribution in [3.8, 4) is 11.6 Å². The van der Waals surface area contributed by atoms with E-state index in [1.165, 1.54) is 4.63 Å². The van der Waals surface area contributed by atoms with Crippen molar-refractivity contribution in [2.45, 2.75) is 13.5 Å². The quantitative estimate of drug-likeness (QED) is 0.754. The van der Waals surface area contributed by atoms with Crippen LogP contribution in [-0.4, -0.2) is 25.3 Å². The van der Waals surface area contributed by atoms with Gasteiger partial charge in [0.25, 0.3) is 0 Å². The van der Waals surface area contributed by atoms with Gasteiger partial charge in [0.1, 0.15) is 5.75 Å². The monoisotopic (exact) mass is 256 g/mol. The molecule has 7 nitrogen and oxygen atoms in total. The molecule has 0 aliphatic heterocycles. The van der Waals surface area contributed by atoms with Gasteiger partial charge in [-0.15, -0.1) is 14.8 Å². The van der Waals surface area contributed by atoms with Gasteiger partial charge in [-0.05, 0) is 40.6 Å². The summed E-state index contributed by atoms with van der Waals surface area (Å²) in [6, 6.07) is 9.30. The molecule has 2 N–H and O–H groups in total. The minimum atomic E-state index is 0.428. The van der Waals surface area contributed by atoms with Gasteiger partial charge >= 0.3 is 0 Å². The molecular weight excluding hydrogens is 244 g/mol. The number of aromatic nitrogens is 5. The normalized spacial score (nSPS) is 10.8. The summed E-state index contributed by atoms with van der Waals surface area (Å²) in [6.45, 7) is 2.43. The van der Waals surface area contributed by atoms with Gasteiger partial charge in [0.2, 0.25) is 5.88 Å². The van der Waals surface area contributed by atoms with Crippen LogP contribution in [0.15, 0.2) is 30.3 Å². The number of tetrazole rings is 1. The third-order valence-electron chi connectivity index (χ3n) is 2.75. The molecule has 0 saturated heterocycles. The second kappa shape index (κ2) is 4.62. The predicted molar refractivity (Wildman–Crippen MR) is 67.7 cm³/mol. The largest absolute Gasteiger partial charge is 0.437 e. The van der Waals surface area contributed by atoms with Gasteiger partial charge in [-0.1, -0.05) is 12.1 Å². The molecule has 0 amide bonds. The molecule has 2 heterocycles. The molecule has 0 radical (unpaired) electrons. The third kappa shape index (κ3) is 2.23. The van der Waals surface area contributed by atoms with Gasteiger partial charge in [0.05, 0.1) is 0 Å². The maximum atomic E-state index is 5.75. The maximum Gasteiger partial charge on any atom is 0.239 e. The number of nitrogens with zero attached hydrogens (tertiary/aromatic N) is 5. The summed E-state index contributed by atoms with van der Waals surface area (Å²) in [5, 5.41) is 15.2. The molecule has 0 spiro atoms. The van der Waals surface area contributed by atoms with E-state index in [4.69, 9.17) is 10.5 Å². The van der Waals surface area contributed by atoms with Gasteiger partial charge in [0, 0.05) is 12.6 Å². The van der Waals surface area contributed by atoms with Crippen LogP contribution in [0.5, 0.6) is 11.6 Å². The highest BCUT2D eigenvalue weighted by Crippen LogP contribution is 2.24. The minimum Gasteiger partial charge on any atom is -0.437 e. The van der Waals surface area contributed by atoms with Crippen LogP contribution in [0.4, 0.5) is 0 Å². The van der Waals surface area contributed by atoms with Crippen LogP contribution in [-0.2, 0) is 6.54 Å². The Morgan fingerprint density at radius 3 is 3.00 bits per heavy atom. The zero-order valence-electron chi connectivity index (χ0n) is 10.3. The summed E-state index contributed by atoms with van der Waals surface area (Å²) in [5.74, 6) is 1.15. The summed E-state index contributed by atoms with van der Waals surface area (Å²) >= 11 is 0. The molecule has 3 aromatic rings. The van der Waals surface area contributed by atoms with E-state index >= 15 is 0 Å². The minimum absolute atomic E-state index is 0.428.